The Bertz CT molecular complexity index is 412. The average molecular weight is 236 g/mol. The van der Waals surface area contributed by atoms with Gasteiger partial charge in [0, 0.05) is 12.6 Å². The van der Waals surface area contributed by atoms with E-state index in [1.807, 2.05) is 19.9 Å². The van der Waals surface area contributed by atoms with Crippen LogP contribution in [0, 0.1) is 23.1 Å². The Morgan fingerprint density at radius 2 is 2.18 bits per heavy atom. The standard InChI is InChI=1S/C13H17FN2O/c1-9(2)13(8-17)16-7-11-5-12(14)4-3-10(11)6-15/h3-5,9,13,16-17H,7-8H2,1-2H3. The van der Waals surface area contributed by atoms with Gasteiger partial charge in [-0.15, -0.1) is 0 Å². The molecule has 0 amide bonds. The van der Waals surface area contributed by atoms with E-state index in [-0.39, 0.29) is 24.4 Å². The monoisotopic (exact) mass is 236 g/mol. The van der Waals surface area contributed by atoms with E-state index in [0.717, 1.165) is 0 Å². The predicted octanol–water partition coefficient (Wildman–Crippen LogP) is 1.80. The molecule has 1 rings (SSSR count). The van der Waals surface area contributed by atoms with Crippen LogP contribution in [-0.4, -0.2) is 17.8 Å². The number of halogens is 1. The lowest BCUT2D eigenvalue weighted by Crippen LogP contribution is -2.36. The van der Waals surface area contributed by atoms with Crippen LogP contribution in [0.1, 0.15) is 25.0 Å². The molecule has 0 saturated carbocycles. The van der Waals surface area contributed by atoms with Crippen molar-refractivity contribution >= 4 is 0 Å². The second-order valence-corrected chi connectivity index (χ2v) is 4.33. The number of rotatable bonds is 5. The number of nitrogens with zero attached hydrogens (tertiary/aromatic N) is 1. The fourth-order valence-electron chi connectivity index (χ4n) is 1.57. The molecule has 1 unspecified atom stereocenters. The molecule has 3 nitrogen and oxygen atoms in total. The number of nitriles is 1. The molecule has 0 bridgehead atoms. The lowest BCUT2D eigenvalue weighted by molar-refractivity contribution is 0.210. The SMILES string of the molecule is CC(C)C(CO)NCc1cc(F)ccc1C#N. The number of aliphatic hydroxyl groups excluding tert-OH is 1. The summed E-state index contributed by atoms with van der Waals surface area (Å²) >= 11 is 0. The first kappa shape index (κ1) is 13.6. The minimum Gasteiger partial charge on any atom is -0.395 e. The van der Waals surface area contributed by atoms with Crippen LogP contribution in [0.5, 0.6) is 0 Å². The van der Waals surface area contributed by atoms with Crippen molar-refractivity contribution in [1.29, 1.82) is 5.26 Å². The smallest absolute Gasteiger partial charge is 0.123 e. The summed E-state index contributed by atoms with van der Waals surface area (Å²) in [6.07, 6.45) is 0. The predicted molar refractivity (Wildman–Crippen MR) is 63.7 cm³/mol. The van der Waals surface area contributed by atoms with E-state index >= 15 is 0 Å². The molecule has 0 aliphatic rings. The molecular formula is C13H17FN2O. The number of nitrogens with one attached hydrogen (secondary N) is 1. The van der Waals surface area contributed by atoms with Crippen molar-refractivity contribution < 1.29 is 9.50 Å². The van der Waals surface area contributed by atoms with Crippen LogP contribution in [-0.2, 0) is 6.54 Å². The van der Waals surface area contributed by atoms with Crippen molar-refractivity contribution in [3.8, 4) is 6.07 Å². The van der Waals surface area contributed by atoms with Gasteiger partial charge in [-0.1, -0.05) is 13.8 Å². The summed E-state index contributed by atoms with van der Waals surface area (Å²) < 4.78 is 13.1. The quantitative estimate of drug-likeness (QED) is 0.819. The van der Waals surface area contributed by atoms with Crippen LogP contribution in [0.15, 0.2) is 18.2 Å². The van der Waals surface area contributed by atoms with Gasteiger partial charge in [-0.3, -0.25) is 0 Å². The third kappa shape index (κ3) is 3.81. The lowest BCUT2D eigenvalue weighted by Gasteiger charge is -2.20. The Balaban J connectivity index is 2.75. The molecule has 2 N–H and O–H groups in total. The molecule has 92 valence electrons. The highest BCUT2D eigenvalue weighted by atomic mass is 19.1. The van der Waals surface area contributed by atoms with Gasteiger partial charge in [-0.05, 0) is 29.7 Å². The lowest BCUT2D eigenvalue weighted by atomic mass is 10.0. The molecule has 0 aromatic heterocycles. The maximum atomic E-state index is 13.1. The molecule has 17 heavy (non-hydrogen) atoms. The highest BCUT2D eigenvalue weighted by molar-refractivity contribution is 5.37. The normalized spacial score (nSPS) is 12.5. The van der Waals surface area contributed by atoms with Gasteiger partial charge in [0.2, 0.25) is 0 Å². The molecule has 1 atom stereocenters. The van der Waals surface area contributed by atoms with Gasteiger partial charge >= 0.3 is 0 Å². The fourth-order valence-corrected chi connectivity index (χ4v) is 1.57. The molecule has 1 aromatic carbocycles. The second-order valence-electron chi connectivity index (χ2n) is 4.33. The van der Waals surface area contributed by atoms with Crippen LogP contribution < -0.4 is 5.32 Å². The second kappa shape index (κ2) is 6.33. The van der Waals surface area contributed by atoms with Crippen LogP contribution in [0.25, 0.3) is 0 Å². The van der Waals surface area contributed by atoms with E-state index in [4.69, 9.17) is 10.4 Å². The maximum absolute atomic E-state index is 13.1. The summed E-state index contributed by atoms with van der Waals surface area (Å²) in [5, 5.41) is 21.2. The minimum atomic E-state index is -0.356. The topological polar surface area (TPSA) is 56.0 Å². The first-order valence-electron chi connectivity index (χ1n) is 5.61. The van der Waals surface area contributed by atoms with Crippen molar-refractivity contribution in [1.82, 2.24) is 5.32 Å². The molecule has 0 aliphatic carbocycles. The maximum Gasteiger partial charge on any atom is 0.123 e. The average Bonchev–Trinajstić information content (AvgIpc) is 2.29. The number of hydrogen-bond donors (Lipinski definition) is 2. The van der Waals surface area contributed by atoms with Gasteiger partial charge in [-0.2, -0.15) is 5.26 Å². The van der Waals surface area contributed by atoms with Crippen molar-refractivity contribution in [2.24, 2.45) is 5.92 Å². The largest absolute Gasteiger partial charge is 0.395 e. The highest BCUT2D eigenvalue weighted by Crippen LogP contribution is 2.11. The molecule has 0 aliphatic heterocycles. The van der Waals surface area contributed by atoms with Gasteiger partial charge < -0.3 is 10.4 Å². The third-order valence-electron chi connectivity index (χ3n) is 2.74. The fraction of sp³-hybridized carbons (Fsp3) is 0.462. The van der Waals surface area contributed by atoms with Crippen molar-refractivity contribution in [3.05, 3.63) is 35.1 Å². The van der Waals surface area contributed by atoms with Gasteiger partial charge in [0.05, 0.1) is 18.2 Å². The third-order valence-corrected chi connectivity index (χ3v) is 2.74. The molecule has 0 spiro atoms. The zero-order valence-corrected chi connectivity index (χ0v) is 10.1. The molecule has 0 saturated heterocycles. The van der Waals surface area contributed by atoms with Gasteiger partial charge in [0.15, 0.2) is 0 Å². The molecule has 1 aromatic rings. The van der Waals surface area contributed by atoms with E-state index in [9.17, 15) is 4.39 Å². The first-order chi connectivity index (χ1) is 8.08. The van der Waals surface area contributed by atoms with E-state index in [0.29, 0.717) is 17.7 Å². The Morgan fingerprint density at radius 1 is 1.47 bits per heavy atom. The molecule has 0 radical (unpaired) electrons. The summed E-state index contributed by atoms with van der Waals surface area (Å²) in [7, 11) is 0. The van der Waals surface area contributed by atoms with E-state index in [1.54, 1.807) is 0 Å². The van der Waals surface area contributed by atoms with E-state index in [1.165, 1.54) is 18.2 Å². The summed E-state index contributed by atoms with van der Waals surface area (Å²) in [6, 6.07) is 6.06. The zero-order chi connectivity index (χ0) is 12.8. The van der Waals surface area contributed by atoms with Crippen LogP contribution >= 0.6 is 0 Å². The summed E-state index contributed by atoms with van der Waals surface area (Å²) in [4.78, 5) is 0. The van der Waals surface area contributed by atoms with Gasteiger partial charge in [0.1, 0.15) is 5.82 Å². The van der Waals surface area contributed by atoms with E-state index < -0.39 is 0 Å². The number of hydrogen-bond acceptors (Lipinski definition) is 3. The van der Waals surface area contributed by atoms with Crippen LogP contribution in [0.3, 0.4) is 0 Å². The van der Waals surface area contributed by atoms with Crippen LogP contribution in [0.4, 0.5) is 4.39 Å². The van der Waals surface area contributed by atoms with Crippen molar-refractivity contribution in [2.45, 2.75) is 26.4 Å². The van der Waals surface area contributed by atoms with E-state index in [2.05, 4.69) is 5.32 Å². The number of benzene rings is 1. The summed E-state index contributed by atoms with van der Waals surface area (Å²) in [5.74, 6) is -0.0787. The van der Waals surface area contributed by atoms with Crippen molar-refractivity contribution in [3.63, 3.8) is 0 Å². The van der Waals surface area contributed by atoms with Gasteiger partial charge in [0.25, 0.3) is 0 Å². The van der Waals surface area contributed by atoms with Crippen molar-refractivity contribution in [2.75, 3.05) is 6.61 Å². The van der Waals surface area contributed by atoms with Gasteiger partial charge in [-0.25, -0.2) is 4.39 Å². The van der Waals surface area contributed by atoms with Crippen LogP contribution in [0.2, 0.25) is 0 Å². The Morgan fingerprint density at radius 3 is 2.71 bits per heavy atom. The highest BCUT2D eigenvalue weighted by Gasteiger charge is 2.12. The molecule has 4 heteroatoms. The molecule has 0 heterocycles. The molecular weight excluding hydrogens is 219 g/mol. The minimum absolute atomic E-state index is 0.0227. The first-order valence-corrected chi connectivity index (χ1v) is 5.61. The Hall–Kier alpha value is -1.44. The summed E-state index contributed by atoms with van der Waals surface area (Å²) in [6.45, 7) is 4.38. The zero-order valence-electron chi connectivity index (χ0n) is 10.1. The molecule has 0 fully saturated rings. The number of aliphatic hydroxyl groups is 1. The Kier molecular flexibility index (Phi) is 5.08. The summed E-state index contributed by atoms with van der Waals surface area (Å²) in [5.41, 5.74) is 1.07. The Labute approximate surface area is 101 Å².